The molecule has 2 atom stereocenters. The standard InChI is InChI=1S/C17H21F3N4O/c1-2-7-24-16(21-11-22-24)10-23-9-12(25)8-15(23)13-5-3-4-6-14(13)17(18,19)20/h3-6,11-12,15,25H,2,7-10H2,1H3/t12-,15+/m1/s1. The largest absolute Gasteiger partial charge is 0.416 e. The second-order valence-electron chi connectivity index (χ2n) is 6.32. The van der Waals surface area contributed by atoms with Gasteiger partial charge in [-0.05, 0) is 24.5 Å². The molecule has 3 rings (SSSR count). The zero-order valence-electron chi connectivity index (χ0n) is 13.9. The number of rotatable bonds is 5. The van der Waals surface area contributed by atoms with Crippen LogP contribution in [0.1, 0.15) is 42.8 Å². The summed E-state index contributed by atoms with van der Waals surface area (Å²) in [5, 5.41) is 14.2. The van der Waals surface area contributed by atoms with E-state index in [0.29, 0.717) is 25.5 Å². The van der Waals surface area contributed by atoms with Crippen molar-refractivity contribution in [2.75, 3.05) is 6.54 Å². The molecule has 1 aromatic carbocycles. The third-order valence-corrected chi connectivity index (χ3v) is 4.48. The number of aliphatic hydroxyl groups is 1. The monoisotopic (exact) mass is 354 g/mol. The maximum absolute atomic E-state index is 13.4. The van der Waals surface area contributed by atoms with Crippen LogP contribution in [0.5, 0.6) is 0 Å². The third kappa shape index (κ3) is 3.85. The van der Waals surface area contributed by atoms with Crippen molar-refractivity contribution in [3.63, 3.8) is 0 Å². The fraction of sp³-hybridized carbons (Fsp3) is 0.529. The molecule has 0 unspecified atom stereocenters. The van der Waals surface area contributed by atoms with Gasteiger partial charge >= 0.3 is 6.18 Å². The van der Waals surface area contributed by atoms with E-state index in [1.807, 2.05) is 11.8 Å². The summed E-state index contributed by atoms with van der Waals surface area (Å²) in [6, 6.07) is 5.08. The number of hydrogen-bond acceptors (Lipinski definition) is 4. The SMILES string of the molecule is CCCn1ncnc1CN1C[C@H](O)C[C@H]1c1ccccc1C(F)(F)F. The summed E-state index contributed by atoms with van der Waals surface area (Å²) < 4.78 is 41.8. The number of aryl methyl sites for hydroxylation is 1. The molecule has 0 spiro atoms. The van der Waals surface area contributed by atoms with E-state index < -0.39 is 23.9 Å². The fourth-order valence-corrected chi connectivity index (χ4v) is 3.41. The maximum atomic E-state index is 13.4. The van der Waals surface area contributed by atoms with Gasteiger partial charge in [0.15, 0.2) is 0 Å². The van der Waals surface area contributed by atoms with Crippen LogP contribution in [0.15, 0.2) is 30.6 Å². The van der Waals surface area contributed by atoms with Gasteiger partial charge in [-0.2, -0.15) is 18.3 Å². The molecule has 1 aromatic heterocycles. The molecule has 1 aliphatic heterocycles. The van der Waals surface area contributed by atoms with Gasteiger partial charge < -0.3 is 5.11 Å². The van der Waals surface area contributed by atoms with Crippen LogP contribution < -0.4 is 0 Å². The highest BCUT2D eigenvalue weighted by Gasteiger charge is 2.40. The average Bonchev–Trinajstić information content (AvgIpc) is 3.14. The predicted molar refractivity (Wildman–Crippen MR) is 85.5 cm³/mol. The highest BCUT2D eigenvalue weighted by atomic mass is 19.4. The van der Waals surface area contributed by atoms with E-state index in [1.165, 1.54) is 18.5 Å². The number of alkyl halides is 3. The van der Waals surface area contributed by atoms with Gasteiger partial charge in [0.05, 0.1) is 18.2 Å². The van der Waals surface area contributed by atoms with Crippen molar-refractivity contribution in [2.24, 2.45) is 0 Å². The van der Waals surface area contributed by atoms with Crippen LogP contribution in [0.2, 0.25) is 0 Å². The molecule has 5 nitrogen and oxygen atoms in total. The molecule has 1 aliphatic rings. The Morgan fingerprint density at radius 3 is 2.76 bits per heavy atom. The summed E-state index contributed by atoms with van der Waals surface area (Å²) in [5.41, 5.74) is -0.442. The first-order valence-electron chi connectivity index (χ1n) is 8.35. The lowest BCUT2D eigenvalue weighted by Gasteiger charge is -2.26. The molecule has 8 heteroatoms. The van der Waals surface area contributed by atoms with E-state index in [-0.39, 0.29) is 12.0 Å². The van der Waals surface area contributed by atoms with Crippen LogP contribution in [0.3, 0.4) is 0 Å². The molecule has 2 heterocycles. The van der Waals surface area contributed by atoms with Gasteiger partial charge in [-0.25, -0.2) is 9.67 Å². The Labute approximate surface area is 144 Å². The Kier molecular flexibility index (Phi) is 5.10. The highest BCUT2D eigenvalue weighted by molar-refractivity contribution is 5.33. The van der Waals surface area contributed by atoms with Crippen LogP contribution in [0.25, 0.3) is 0 Å². The topological polar surface area (TPSA) is 54.2 Å². The van der Waals surface area contributed by atoms with Crippen molar-refractivity contribution >= 4 is 0 Å². The van der Waals surface area contributed by atoms with Crippen molar-refractivity contribution in [3.8, 4) is 0 Å². The van der Waals surface area contributed by atoms with Crippen LogP contribution in [0, 0.1) is 0 Å². The lowest BCUT2D eigenvalue weighted by Crippen LogP contribution is -2.27. The first-order chi connectivity index (χ1) is 11.9. The van der Waals surface area contributed by atoms with Gasteiger partial charge in [0, 0.05) is 19.1 Å². The zero-order chi connectivity index (χ0) is 18.0. The van der Waals surface area contributed by atoms with E-state index in [0.717, 1.165) is 12.5 Å². The number of halogens is 3. The van der Waals surface area contributed by atoms with Crippen molar-refractivity contribution in [2.45, 2.75) is 51.2 Å². The van der Waals surface area contributed by atoms with Gasteiger partial charge in [0.1, 0.15) is 12.2 Å². The first kappa shape index (κ1) is 17.9. The van der Waals surface area contributed by atoms with Crippen LogP contribution in [0.4, 0.5) is 13.2 Å². The Balaban J connectivity index is 1.89. The smallest absolute Gasteiger partial charge is 0.392 e. The Morgan fingerprint density at radius 1 is 1.28 bits per heavy atom. The second-order valence-corrected chi connectivity index (χ2v) is 6.32. The summed E-state index contributed by atoms with van der Waals surface area (Å²) in [7, 11) is 0. The molecule has 2 aromatic rings. The molecule has 0 saturated carbocycles. The molecule has 0 aliphatic carbocycles. The lowest BCUT2D eigenvalue weighted by molar-refractivity contribution is -0.138. The Morgan fingerprint density at radius 2 is 2.04 bits per heavy atom. The summed E-state index contributed by atoms with van der Waals surface area (Å²) in [6.45, 7) is 3.40. The summed E-state index contributed by atoms with van der Waals surface area (Å²) >= 11 is 0. The number of aromatic nitrogens is 3. The number of β-amino-alcohol motifs (C(OH)–C–C–N with tert-alkyl or cyclic N) is 1. The minimum Gasteiger partial charge on any atom is -0.392 e. The normalized spacial score (nSPS) is 21.8. The van der Waals surface area contributed by atoms with Crippen LogP contribution in [-0.4, -0.2) is 37.4 Å². The molecule has 0 radical (unpaired) electrons. The zero-order valence-corrected chi connectivity index (χ0v) is 13.9. The molecule has 25 heavy (non-hydrogen) atoms. The van der Waals surface area contributed by atoms with Gasteiger partial charge in [-0.1, -0.05) is 25.1 Å². The summed E-state index contributed by atoms with van der Waals surface area (Å²) in [4.78, 5) is 6.08. The van der Waals surface area contributed by atoms with Crippen molar-refractivity contribution in [1.82, 2.24) is 19.7 Å². The number of benzene rings is 1. The maximum Gasteiger partial charge on any atom is 0.416 e. The summed E-state index contributed by atoms with van der Waals surface area (Å²) in [6.07, 6.45) is -2.46. The van der Waals surface area contributed by atoms with Crippen LogP contribution >= 0.6 is 0 Å². The van der Waals surface area contributed by atoms with E-state index in [4.69, 9.17) is 0 Å². The summed E-state index contributed by atoms with van der Waals surface area (Å²) in [5.74, 6) is 0.699. The van der Waals surface area contributed by atoms with Crippen molar-refractivity contribution in [3.05, 3.63) is 47.5 Å². The van der Waals surface area contributed by atoms with Crippen LogP contribution in [-0.2, 0) is 19.3 Å². The highest BCUT2D eigenvalue weighted by Crippen LogP contribution is 2.40. The molecule has 1 fully saturated rings. The third-order valence-electron chi connectivity index (χ3n) is 4.48. The molecule has 1 N–H and O–H groups in total. The second kappa shape index (κ2) is 7.13. The van der Waals surface area contributed by atoms with Gasteiger partial charge in [-0.3, -0.25) is 4.90 Å². The van der Waals surface area contributed by atoms with E-state index in [2.05, 4.69) is 10.1 Å². The van der Waals surface area contributed by atoms with E-state index in [1.54, 1.807) is 10.7 Å². The Hall–Kier alpha value is -1.93. The van der Waals surface area contributed by atoms with Crippen molar-refractivity contribution < 1.29 is 18.3 Å². The molecular formula is C17H21F3N4O. The molecule has 0 bridgehead atoms. The average molecular weight is 354 g/mol. The minimum atomic E-state index is -4.42. The van der Waals surface area contributed by atoms with Crippen molar-refractivity contribution in [1.29, 1.82) is 0 Å². The quantitative estimate of drug-likeness (QED) is 0.897. The minimum absolute atomic E-state index is 0.202. The molecule has 1 saturated heterocycles. The predicted octanol–water partition coefficient (Wildman–Crippen LogP) is 3.01. The van der Waals surface area contributed by atoms with E-state index >= 15 is 0 Å². The molecule has 0 amide bonds. The first-order valence-corrected chi connectivity index (χ1v) is 8.35. The van der Waals surface area contributed by atoms with Gasteiger partial charge in [0.25, 0.3) is 0 Å². The van der Waals surface area contributed by atoms with Gasteiger partial charge in [0.2, 0.25) is 0 Å². The van der Waals surface area contributed by atoms with Gasteiger partial charge in [-0.15, -0.1) is 0 Å². The number of nitrogens with zero attached hydrogens (tertiary/aromatic N) is 4. The number of hydrogen-bond donors (Lipinski definition) is 1. The molecular weight excluding hydrogens is 333 g/mol. The molecule has 136 valence electrons. The van der Waals surface area contributed by atoms with E-state index in [9.17, 15) is 18.3 Å². The fourth-order valence-electron chi connectivity index (χ4n) is 3.41. The number of aliphatic hydroxyl groups excluding tert-OH is 1. The number of likely N-dealkylation sites (tertiary alicyclic amines) is 1. The Bertz CT molecular complexity index is 716. The lowest BCUT2D eigenvalue weighted by atomic mass is 9.97.